The van der Waals surface area contributed by atoms with Gasteiger partial charge in [-0.15, -0.1) is 9.89 Å². The van der Waals surface area contributed by atoms with Gasteiger partial charge >= 0.3 is 0 Å². The van der Waals surface area contributed by atoms with Crippen LogP contribution in [-0.4, -0.2) is 58.1 Å². The van der Waals surface area contributed by atoms with Crippen molar-refractivity contribution in [1.29, 1.82) is 0 Å². The Kier molecular flexibility index (Phi) is 10.4. The second-order valence-corrected chi connectivity index (χ2v) is 17.0. The standard InChI is InChI=1S/C40H51N7O4S/c1-9-10-11-12-19-46-34-20-26(2)33(23-32(34)27(3)24-40(46,7)8)42-35-36(39(4,5)6)44-47-38(35)43-37(45-47)28-15-13-16-29(21-28)41-25-51-30-17-14-18-31(22-30)52(48,49)50/h13-18,20-23,27,41H,9-12,19,24-25H2,1-8H3,(H,48,49,50)/p-1. The van der Waals surface area contributed by atoms with Gasteiger partial charge in [0.25, 0.3) is 0 Å². The summed E-state index contributed by atoms with van der Waals surface area (Å²) in [5, 5.41) is 12.9. The molecule has 2 aliphatic heterocycles. The van der Waals surface area contributed by atoms with Crippen LogP contribution in [0.3, 0.4) is 0 Å². The van der Waals surface area contributed by atoms with E-state index >= 15 is 0 Å². The van der Waals surface area contributed by atoms with Crippen molar-refractivity contribution in [3.05, 3.63) is 77.6 Å². The molecule has 11 nitrogen and oxygen atoms in total. The largest absolute Gasteiger partial charge is 0.744 e. The molecule has 0 spiro atoms. The van der Waals surface area contributed by atoms with E-state index in [4.69, 9.17) is 24.9 Å². The van der Waals surface area contributed by atoms with Crippen LogP contribution in [0.1, 0.15) is 103 Å². The molecule has 12 heteroatoms. The van der Waals surface area contributed by atoms with Gasteiger partial charge in [0, 0.05) is 34.4 Å². The Bertz CT molecular complexity index is 2130. The molecule has 0 radical (unpaired) electrons. The Hall–Kier alpha value is -4.55. The lowest BCUT2D eigenvalue weighted by molar-refractivity contribution is 0.345. The predicted octanol–water partition coefficient (Wildman–Crippen LogP) is 8.66. The van der Waals surface area contributed by atoms with Crippen LogP contribution in [-0.2, 0) is 10.1 Å². The first kappa shape index (κ1) is 37.2. The summed E-state index contributed by atoms with van der Waals surface area (Å²) in [6.07, 6.45) is 6.02. The van der Waals surface area contributed by atoms with E-state index in [2.05, 4.69) is 77.7 Å². The van der Waals surface area contributed by atoms with E-state index in [1.807, 2.05) is 24.3 Å². The highest BCUT2D eigenvalue weighted by Crippen LogP contribution is 2.46. The quantitative estimate of drug-likeness (QED) is 0.0871. The van der Waals surface area contributed by atoms with E-state index in [0.29, 0.717) is 17.6 Å². The molecule has 0 bridgehead atoms. The Morgan fingerprint density at radius 1 is 1.06 bits per heavy atom. The van der Waals surface area contributed by atoms with E-state index in [1.54, 1.807) is 10.9 Å². The highest BCUT2D eigenvalue weighted by Gasteiger charge is 2.38. The van der Waals surface area contributed by atoms with Crippen molar-refractivity contribution >= 4 is 38.6 Å². The number of rotatable bonds is 12. The number of aryl methyl sites for hydroxylation is 1. The lowest BCUT2D eigenvalue weighted by atomic mass is 9.79. The molecule has 3 heterocycles. The summed E-state index contributed by atoms with van der Waals surface area (Å²) in [4.78, 5) is 14.1. The van der Waals surface area contributed by atoms with Gasteiger partial charge in [0.15, 0.2) is 12.6 Å². The van der Waals surface area contributed by atoms with Crippen LogP contribution in [0.15, 0.2) is 75.7 Å². The Balaban J connectivity index is 1.28. The van der Waals surface area contributed by atoms with Gasteiger partial charge < -0.3 is 19.5 Å². The molecule has 52 heavy (non-hydrogen) atoms. The second kappa shape index (κ2) is 14.5. The average molecular weight is 725 g/mol. The molecule has 1 aromatic heterocycles. The summed E-state index contributed by atoms with van der Waals surface area (Å²) < 4.78 is 39.8. The lowest BCUT2D eigenvalue weighted by Gasteiger charge is -2.48. The summed E-state index contributed by atoms with van der Waals surface area (Å²) in [6.45, 7) is 19.0. The smallest absolute Gasteiger partial charge is 0.204 e. The van der Waals surface area contributed by atoms with Crippen LogP contribution in [0.2, 0.25) is 0 Å². The fourth-order valence-corrected chi connectivity index (χ4v) is 7.68. The molecule has 276 valence electrons. The molecule has 0 aliphatic carbocycles. The maximum Gasteiger partial charge on any atom is 0.204 e. The summed E-state index contributed by atoms with van der Waals surface area (Å²) >= 11 is 0. The first-order chi connectivity index (χ1) is 24.5. The third-order valence-corrected chi connectivity index (χ3v) is 10.7. The molecule has 0 fully saturated rings. The van der Waals surface area contributed by atoms with E-state index in [-0.39, 0.29) is 28.3 Å². The molecule has 1 unspecified atom stereocenters. The number of nitrogens with one attached hydrogen (secondary N) is 1. The fraction of sp³-hybridized carbons (Fsp3) is 0.450. The van der Waals surface area contributed by atoms with Crippen LogP contribution in [0.4, 0.5) is 17.1 Å². The van der Waals surface area contributed by atoms with E-state index < -0.39 is 10.1 Å². The Morgan fingerprint density at radius 2 is 1.83 bits per heavy atom. The maximum atomic E-state index is 11.4. The third kappa shape index (κ3) is 7.92. The van der Waals surface area contributed by atoms with Gasteiger partial charge in [0.2, 0.25) is 5.82 Å². The van der Waals surface area contributed by atoms with E-state index in [9.17, 15) is 13.0 Å². The van der Waals surface area contributed by atoms with E-state index in [0.717, 1.165) is 46.9 Å². The second-order valence-electron chi connectivity index (χ2n) is 15.6. The van der Waals surface area contributed by atoms with Gasteiger partial charge in [0.1, 0.15) is 21.6 Å². The SMILES string of the molecule is CCCCCCN1c2cc(C)c(N=C3C(C(C)(C)C)=Nn4nc(-c5cccc(NCOc6cccc(S(=O)(=O)[O-])c6)c5)nc43)cc2C(C)CC1(C)C. The zero-order valence-corrected chi connectivity index (χ0v) is 32.3. The van der Waals surface area contributed by atoms with Gasteiger partial charge in [-0.3, -0.25) is 0 Å². The third-order valence-electron chi connectivity index (χ3n) is 9.83. The topological polar surface area (TPSA) is 137 Å². The Labute approximate surface area is 308 Å². The molecule has 6 rings (SSSR count). The zero-order chi connectivity index (χ0) is 37.4. The van der Waals surface area contributed by atoms with Crippen LogP contribution in [0.25, 0.3) is 11.4 Å². The van der Waals surface area contributed by atoms with Crippen molar-refractivity contribution in [3.63, 3.8) is 0 Å². The van der Waals surface area contributed by atoms with Crippen molar-refractivity contribution in [2.75, 3.05) is 23.5 Å². The summed E-state index contributed by atoms with van der Waals surface area (Å²) in [5.74, 6) is 1.77. The number of unbranched alkanes of at least 4 members (excludes halogenated alkanes) is 3. The minimum absolute atomic E-state index is 0.0435. The number of nitrogens with zero attached hydrogens (tertiary/aromatic N) is 6. The summed E-state index contributed by atoms with van der Waals surface area (Å²) in [6, 6.07) is 17.7. The van der Waals surface area contributed by atoms with Crippen molar-refractivity contribution in [2.24, 2.45) is 15.5 Å². The van der Waals surface area contributed by atoms with Crippen LogP contribution in [0.5, 0.6) is 5.75 Å². The first-order valence-corrected chi connectivity index (χ1v) is 19.6. The number of aliphatic imine (C=N–C) groups is 1. The highest BCUT2D eigenvalue weighted by molar-refractivity contribution is 7.85. The van der Waals surface area contributed by atoms with Gasteiger partial charge in [0.05, 0.1) is 16.3 Å². The number of hydrogen-bond acceptors (Lipinski definition) is 10. The monoisotopic (exact) mass is 724 g/mol. The van der Waals surface area contributed by atoms with Crippen molar-refractivity contribution in [3.8, 4) is 17.1 Å². The van der Waals surface area contributed by atoms with Gasteiger partial charge in [-0.05, 0) is 93.1 Å². The maximum absolute atomic E-state index is 11.4. The number of anilines is 2. The first-order valence-electron chi connectivity index (χ1n) is 18.2. The predicted molar refractivity (Wildman–Crippen MR) is 207 cm³/mol. The number of benzene rings is 3. The number of aromatic nitrogens is 3. The summed E-state index contributed by atoms with van der Waals surface area (Å²) in [5.41, 5.74) is 7.56. The lowest BCUT2D eigenvalue weighted by Crippen LogP contribution is -2.48. The molecule has 2 aliphatic rings. The minimum Gasteiger partial charge on any atom is -0.744 e. The van der Waals surface area contributed by atoms with Crippen LogP contribution < -0.4 is 15.0 Å². The molecular weight excluding hydrogens is 675 g/mol. The molecule has 4 aromatic rings. The number of ether oxygens (including phenoxy) is 1. The molecule has 0 saturated heterocycles. The zero-order valence-electron chi connectivity index (χ0n) is 31.5. The molecular formula is C40H50N7O4S-. The number of fused-ring (bicyclic) bond motifs is 2. The molecule has 1 N–H and O–H groups in total. The van der Waals surface area contributed by atoms with E-state index in [1.165, 1.54) is 55.1 Å². The Morgan fingerprint density at radius 3 is 2.56 bits per heavy atom. The van der Waals surface area contributed by atoms with Crippen LogP contribution in [0, 0.1) is 12.3 Å². The van der Waals surface area contributed by atoms with Gasteiger partial charge in [-0.25, -0.2) is 18.4 Å². The molecule has 0 amide bonds. The highest BCUT2D eigenvalue weighted by atomic mass is 32.2. The molecule has 1 atom stereocenters. The fourth-order valence-electron chi connectivity index (χ4n) is 7.17. The minimum atomic E-state index is -4.58. The van der Waals surface area contributed by atoms with Crippen molar-refractivity contribution < 1.29 is 17.7 Å². The van der Waals surface area contributed by atoms with Crippen molar-refractivity contribution in [2.45, 2.75) is 104 Å². The van der Waals surface area contributed by atoms with Crippen LogP contribution >= 0.6 is 0 Å². The molecule has 0 saturated carbocycles. The summed E-state index contributed by atoms with van der Waals surface area (Å²) in [7, 11) is -4.58. The number of hydrogen-bond donors (Lipinski definition) is 1. The average Bonchev–Trinajstić information content (AvgIpc) is 3.64. The molecule has 3 aromatic carbocycles. The normalized spacial score (nSPS) is 17.6. The van der Waals surface area contributed by atoms with Gasteiger partial charge in [-0.1, -0.05) is 72.1 Å². The van der Waals surface area contributed by atoms with Crippen molar-refractivity contribution in [1.82, 2.24) is 14.9 Å². The van der Waals surface area contributed by atoms with Gasteiger partial charge in [-0.2, -0.15) is 5.10 Å².